The van der Waals surface area contributed by atoms with E-state index in [4.69, 9.17) is 23.7 Å². The molecule has 0 aromatic carbocycles. The lowest BCUT2D eigenvalue weighted by Gasteiger charge is -2.47. The number of amides is 2. The first-order valence-corrected chi connectivity index (χ1v) is 21.9. The number of rotatable bonds is 10. The van der Waals surface area contributed by atoms with Crippen LogP contribution in [0.25, 0.3) is 0 Å². The quantitative estimate of drug-likeness (QED) is 0.118. The van der Waals surface area contributed by atoms with Gasteiger partial charge in [0.15, 0.2) is 0 Å². The van der Waals surface area contributed by atoms with E-state index in [1.807, 2.05) is 27.7 Å². The number of methoxy groups -OCH3 is 2. The predicted octanol–water partition coefficient (Wildman–Crippen LogP) is 5.81. The number of aliphatic hydroxyl groups is 1. The van der Waals surface area contributed by atoms with Gasteiger partial charge in [-0.3, -0.25) is 19.2 Å². The number of carbonyl (C=O) groups is 5. The van der Waals surface area contributed by atoms with Crippen LogP contribution in [-0.4, -0.2) is 116 Å². The average molecular weight is 829 g/mol. The van der Waals surface area contributed by atoms with Crippen molar-refractivity contribution >= 4 is 29.9 Å². The third-order valence-corrected chi connectivity index (χ3v) is 13.2. The Labute approximate surface area is 352 Å². The fourth-order valence-electron chi connectivity index (χ4n) is 9.81. The Morgan fingerprint density at radius 1 is 1.02 bits per heavy atom. The van der Waals surface area contributed by atoms with Crippen molar-refractivity contribution in [3.63, 3.8) is 0 Å². The lowest BCUT2D eigenvalue weighted by molar-refractivity contribution is -0.302. The number of nitrogens with one attached hydrogen (secondary N) is 1. The summed E-state index contributed by atoms with van der Waals surface area (Å²) < 4.78 is 30.5. The maximum atomic E-state index is 14.4. The Bertz CT molecular complexity index is 1530. The summed E-state index contributed by atoms with van der Waals surface area (Å²) in [7, 11) is 3.10. The van der Waals surface area contributed by atoms with Crippen molar-refractivity contribution in [2.24, 2.45) is 29.6 Å². The molecule has 3 aliphatic heterocycles. The summed E-state index contributed by atoms with van der Waals surface area (Å²) in [5.41, 5.74) is 1.89. The van der Waals surface area contributed by atoms with Gasteiger partial charge in [0.25, 0.3) is 11.7 Å². The van der Waals surface area contributed by atoms with Gasteiger partial charge in [0, 0.05) is 39.0 Å². The highest BCUT2D eigenvalue weighted by atomic mass is 16.7. The number of fused-ring (bicyclic) bond motifs is 3. The van der Waals surface area contributed by atoms with Gasteiger partial charge in [0.1, 0.15) is 24.0 Å². The molecule has 0 radical (unpaired) electrons. The van der Waals surface area contributed by atoms with E-state index in [1.165, 1.54) is 4.90 Å². The molecule has 59 heavy (non-hydrogen) atoms. The van der Waals surface area contributed by atoms with Crippen LogP contribution in [0.4, 0.5) is 0 Å². The van der Waals surface area contributed by atoms with Gasteiger partial charge >= 0.3 is 5.97 Å². The molecule has 0 aromatic heterocycles. The number of ketones is 2. The molecule has 13 nitrogen and oxygen atoms in total. The number of ether oxygens (including phenoxy) is 5. The van der Waals surface area contributed by atoms with E-state index in [9.17, 15) is 29.1 Å². The summed E-state index contributed by atoms with van der Waals surface area (Å²) in [5.74, 6) is -6.31. The molecule has 4 rings (SSSR count). The zero-order valence-electron chi connectivity index (χ0n) is 36.8. The Morgan fingerprint density at radius 3 is 2.39 bits per heavy atom. The molecule has 3 heterocycles. The Hall–Kier alpha value is -3.23. The van der Waals surface area contributed by atoms with Gasteiger partial charge in [-0.05, 0) is 108 Å². The standard InChI is InChI=1S/C46H72N2O11/c1-10-20-57-38-26-33(16-17-35(38)47-27-49)24-31(6)41-30(5)15-18-37(50)34(11-2)22-28(3)21-29(4)23-39(55-8)42-40(56-9)25-32(7)46(54,59-42)43(51)44(52)48-19-13-12-14-36(48)45(53)58-41/h10,22,24,27,29-30,32-36,38-42,54H,1,11-21,23,25-26H2,2-9H3,(H,47,49). The van der Waals surface area contributed by atoms with Crippen LogP contribution < -0.4 is 5.32 Å². The second-order valence-corrected chi connectivity index (χ2v) is 17.8. The molecule has 13 heteroatoms. The van der Waals surface area contributed by atoms with Crippen LogP contribution in [0.2, 0.25) is 0 Å². The zero-order valence-corrected chi connectivity index (χ0v) is 36.8. The van der Waals surface area contributed by atoms with Crippen LogP contribution >= 0.6 is 0 Å². The Balaban J connectivity index is 1.73. The summed E-state index contributed by atoms with van der Waals surface area (Å²) in [5, 5.41) is 14.9. The highest BCUT2D eigenvalue weighted by Gasteiger charge is 2.56. The molecule has 2 amide bonds. The van der Waals surface area contributed by atoms with E-state index >= 15 is 0 Å². The van der Waals surface area contributed by atoms with Crippen molar-refractivity contribution in [1.82, 2.24) is 10.2 Å². The molecule has 332 valence electrons. The first-order valence-electron chi connectivity index (χ1n) is 21.9. The number of allylic oxidation sites excluding steroid dienone is 3. The maximum Gasteiger partial charge on any atom is 0.329 e. The van der Waals surface area contributed by atoms with Crippen LogP contribution in [0.1, 0.15) is 119 Å². The highest BCUT2D eigenvalue weighted by Crippen LogP contribution is 2.39. The number of piperidine rings is 1. The molecule has 1 aliphatic carbocycles. The molecule has 1 saturated carbocycles. The topological polar surface area (TPSA) is 167 Å². The van der Waals surface area contributed by atoms with E-state index < -0.39 is 59.8 Å². The predicted molar refractivity (Wildman–Crippen MR) is 223 cm³/mol. The van der Waals surface area contributed by atoms with Crippen LogP contribution in [0.15, 0.2) is 36.0 Å². The summed E-state index contributed by atoms with van der Waals surface area (Å²) in [6.45, 7) is 15.9. The summed E-state index contributed by atoms with van der Waals surface area (Å²) in [6, 6.07) is -1.19. The smallest absolute Gasteiger partial charge is 0.329 e. The van der Waals surface area contributed by atoms with E-state index in [1.54, 1.807) is 27.2 Å². The molecule has 13 atom stereocenters. The highest BCUT2D eigenvalue weighted by molar-refractivity contribution is 6.39. The van der Waals surface area contributed by atoms with Gasteiger partial charge in [-0.2, -0.15) is 0 Å². The number of hydrogen-bond donors (Lipinski definition) is 2. The number of carbonyl (C=O) groups excluding carboxylic acids is 5. The Morgan fingerprint density at radius 2 is 1.73 bits per heavy atom. The van der Waals surface area contributed by atoms with E-state index in [-0.39, 0.29) is 61.0 Å². The largest absolute Gasteiger partial charge is 0.456 e. The van der Waals surface area contributed by atoms with E-state index in [0.29, 0.717) is 70.8 Å². The normalized spacial score (nSPS) is 37.7. The van der Waals surface area contributed by atoms with Crippen molar-refractivity contribution in [1.29, 1.82) is 0 Å². The number of nitrogens with zero attached hydrogens (tertiary/aromatic N) is 1. The molecule has 2 N–H and O–H groups in total. The minimum atomic E-state index is -2.48. The molecule has 3 fully saturated rings. The Kier molecular flexibility index (Phi) is 18.5. The SMILES string of the molecule is C=CCOC1CC(C=C(C)C2OC(=O)C3CCCCN3C(=O)C(=O)C3(O)OC(C(OC)CC(C)CC(C)=CC(CC)C(=O)CCC2C)C(OC)CC3C)CCC1NC=O. The molecular weight excluding hydrogens is 757 g/mol. The number of esters is 1. The monoisotopic (exact) mass is 829 g/mol. The first-order chi connectivity index (χ1) is 28.1. The molecule has 4 aliphatic rings. The van der Waals surface area contributed by atoms with Crippen molar-refractivity contribution < 1.29 is 52.8 Å². The van der Waals surface area contributed by atoms with E-state index in [2.05, 4.69) is 31.0 Å². The van der Waals surface area contributed by atoms with Gasteiger partial charge in [0.05, 0.1) is 31.0 Å². The maximum absolute atomic E-state index is 14.4. The number of hydrogen-bond acceptors (Lipinski definition) is 11. The van der Waals surface area contributed by atoms with Gasteiger partial charge in [-0.25, -0.2) is 4.79 Å². The number of cyclic esters (lactones) is 1. The molecule has 2 bridgehead atoms. The minimum absolute atomic E-state index is 0.0648. The average Bonchev–Trinajstić information content (AvgIpc) is 3.22. The molecular formula is C46H72N2O11. The summed E-state index contributed by atoms with van der Waals surface area (Å²) in [6.07, 6.45) is 10.1. The molecule has 0 aromatic rings. The first kappa shape index (κ1) is 48.4. The number of Topliss-reactive ketones (excluding diaryl/α,β-unsaturated/α-hetero) is 2. The van der Waals surface area contributed by atoms with Crippen LogP contribution in [0.5, 0.6) is 0 Å². The lowest BCUT2D eigenvalue weighted by atomic mass is 9.81. The second kappa shape index (κ2) is 22.6. The summed E-state index contributed by atoms with van der Waals surface area (Å²) in [4.78, 5) is 69.3. The zero-order chi connectivity index (χ0) is 43.4. The van der Waals surface area contributed by atoms with E-state index in [0.717, 1.165) is 17.6 Å². The fraction of sp³-hybridized carbons (Fsp3) is 0.761. The molecule has 13 unspecified atom stereocenters. The van der Waals surface area contributed by atoms with Crippen molar-refractivity contribution in [3.8, 4) is 0 Å². The van der Waals surface area contributed by atoms with Crippen LogP contribution in [0.3, 0.4) is 0 Å². The van der Waals surface area contributed by atoms with Gasteiger partial charge in [-0.1, -0.05) is 51.5 Å². The van der Waals surface area contributed by atoms with Gasteiger partial charge in [-0.15, -0.1) is 6.58 Å². The van der Waals surface area contributed by atoms with Gasteiger partial charge in [0.2, 0.25) is 12.2 Å². The molecule has 2 saturated heterocycles. The fourth-order valence-corrected chi connectivity index (χ4v) is 9.81. The minimum Gasteiger partial charge on any atom is -0.456 e. The second-order valence-electron chi connectivity index (χ2n) is 17.8. The van der Waals surface area contributed by atoms with Crippen molar-refractivity contribution in [2.75, 3.05) is 27.4 Å². The van der Waals surface area contributed by atoms with Crippen LogP contribution in [-0.2, 0) is 47.7 Å². The third kappa shape index (κ3) is 12.2. The van der Waals surface area contributed by atoms with Crippen LogP contribution in [0, 0.1) is 29.6 Å². The van der Waals surface area contributed by atoms with Crippen molar-refractivity contribution in [3.05, 3.63) is 36.0 Å². The van der Waals surface area contributed by atoms with Crippen molar-refractivity contribution in [2.45, 2.75) is 167 Å². The third-order valence-electron chi connectivity index (χ3n) is 13.2. The van der Waals surface area contributed by atoms with Gasteiger partial charge < -0.3 is 39.0 Å². The molecule has 0 spiro atoms. The lowest BCUT2D eigenvalue weighted by Crippen LogP contribution is -2.64. The summed E-state index contributed by atoms with van der Waals surface area (Å²) >= 11 is 0.